The van der Waals surface area contributed by atoms with Crippen molar-refractivity contribution in [1.82, 2.24) is 10.1 Å². The summed E-state index contributed by atoms with van der Waals surface area (Å²) in [5.74, 6) is 1.49. The predicted octanol–water partition coefficient (Wildman–Crippen LogP) is 0.329. The summed E-state index contributed by atoms with van der Waals surface area (Å²) in [5.41, 5.74) is 5.30. The van der Waals surface area contributed by atoms with Crippen LogP contribution in [0.3, 0.4) is 0 Å². The molecule has 5 nitrogen and oxygen atoms in total. The van der Waals surface area contributed by atoms with Crippen LogP contribution in [-0.2, 0) is 0 Å². The second-order valence-corrected chi connectivity index (χ2v) is 3.36. The Bertz CT molecular complexity index is 283. The van der Waals surface area contributed by atoms with Gasteiger partial charge in [0, 0.05) is 5.92 Å². The molecule has 1 atom stereocenters. The Balaban J connectivity index is 2.03. The number of aromatic nitrogens is 2. The van der Waals surface area contributed by atoms with Crippen LogP contribution in [0.4, 0.5) is 0 Å². The molecule has 3 N–H and O–H groups in total. The van der Waals surface area contributed by atoms with Gasteiger partial charge < -0.3 is 15.4 Å². The summed E-state index contributed by atoms with van der Waals surface area (Å²) in [4.78, 5) is 4.11. The zero-order chi connectivity index (χ0) is 9.26. The fraction of sp³-hybridized carbons (Fsp3) is 0.750. The Morgan fingerprint density at radius 2 is 2.38 bits per heavy atom. The summed E-state index contributed by atoms with van der Waals surface area (Å²) in [6.45, 7) is 0.419. The molecule has 1 aliphatic rings. The number of hydrogen-bond donors (Lipinski definition) is 2. The number of rotatable bonds is 4. The standard InChI is InChI=1S/C8H13N3O2/c9-4-3-6(12)8-10-7(11-13-8)5-1-2-5/h5-6,12H,1-4,9H2/t6-/m0/s1. The highest BCUT2D eigenvalue weighted by molar-refractivity contribution is 5.04. The number of aliphatic hydroxyl groups is 1. The Morgan fingerprint density at radius 3 is 3.00 bits per heavy atom. The molecule has 1 aliphatic carbocycles. The molecule has 1 fully saturated rings. The molecule has 0 saturated heterocycles. The Hall–Kier alpha value is -0.940. The highest BCUT2D eigenvalue weighted by Gasteiger charge is 2.29. The number of hydrogen-bond acceptors (Lipinski definition) is 5. The van der Waals surface area contributed by atoms with Crippen molar-refractivity contribution in [1.29, 1.82) is 0 Å². The van der Waals surface area contributed by atoms with Gasteiger partial charge >= 0.3 is 0 Å². The maximum Gasteiger partial charge on any atom is 0.255 e. The zero-order valence-corrected chi connectivity index (χ0v) is 7.31. The maximum atomic E-state index is 9.46. The monoisotopic (exact) mass is 183 g/mol. The van der Waals surface area contributed by atoms with Crippen LogP contribution in [0.1, 0.15) is 43.0 Å². The van der Waals surface area contributed by atoms with Gasteiger partial charge in [0.1, 0.15) is 6.10 Å². The molecule has 0 spiro atoms. The molecule has 0 amide bonds. The van der Waals surface area contributed by atoms with E-state index < -0.39 is 6.10 Å². The van der Waals surface area contributed by atoms with Crippen LogP contribution in [0.5, 0.6) is 0 Å². The second kappa shape index (κ2) is 3.43. The highest BCUT2D eigenvalue weighted by Crippen LogP contribution is 2.38. The molecule has 1 aromatic heterocycles. The van der Waals surface area contributed by atoms with Crippen LogP contribution >= 0.6 is 0 Å². The van der Waals surface area contributed by atoms with E-state index in [2.05, 4.69) is 10.1 Å². The van der Waals surface area contributed by atoms with Crippen LogP contribution in [0, 0.1) is 0 Å². The maximum absolute atomic E-state index is 9.46. The fourth-order valence-corrected chi connectivity index (χ4v) is 1.17. The molecule has 0 aliphatic heterocycles. The Morgan fingerprint density at radius 1 is 1.62 bits per heavy atom. The molecule has 0 aromatic carbocycles. The van der Waals surface area contributed by atoms with Gasteiger partial charge in [-0.3, -0.25) is 0 Å². The van der Waals surface area contributed by atoms with Crippen LogP contribution in [0.25, 0.3) is 0 Å². The number of aliphatic hydroxyl groups excluding tert-OH is 1. The molecule has 1 saturated carbocycles. The molecule has 1 aromatic rings. The second-order valence-electron chi connectivity index (χ2n) is 3.36. The first-order valence-electron chi connectivity index (χ1n) is 4.53. The van der Waals surface area contributed by atoms with Crippen molar-refractivity contribution in [3.8, 4) is 0 Å². The lowest BCUT2D eigenvalue weighted by atomic mass is 10.2. The lowest BCUT2D eigenvalue weighted by Gasteiger charge is -2.00. The third-order valence-electron chi connectivity index (χ3n) is 2.13. The van der Waals surface area contributed by atoms with Crippen molar-refractivity contribution in [3.05, 3.63) is 11.7 Å². The van der Waals surface area contributed by atoms with E-state index in [1.165, 1.54) is 0 Å². The third kappa shape index (κ3) is 1.87. The van der Waals surface area contributed by atoms with Gasteiger partial charge in [-0.1, -0.05) is 5.16 Å². The van der Waals surface area contributed by atoms with Gasteiger partial charge in [0.05, 0.1) is 0 Å². The first-order valence-corrected chi connectivity index (χ1v) is 4.53. The highest BCUT2D eigenvalue weighted by atomic mass is 16.5. The van der Waals surface area contributed by atoms with Crippen LogP contribution < -0.4 is 5.73 Å². The van der Waals surface area contributed by atoms with Gasteiger partial charge in [-0.15, -0.1) is 0 Å². The predicted molar refractivity (Wildman–Crippen MR) is 44.9 cm³/mol. The van der Waals surface area contributed by atoms with E-state index >= 15 is 0 Å². The van der Waals surface area contributed by atoms with Crippen molar-refractivity contribution in [3.63, 3.8) is 0 Å². The van der Waals surface area contributed by atoms with E-state index in [4.69, 9.17) is 10.3 Å². The van der Waals surface area contributed by atoms with Gasteiger partial charge in [0.15, 0.2) is 5.82 Å². The summed E-state index contributed by atoms with van der Waals surface area (Å²) < 4.78 is 4.91. The van der Waals surface area contributed by atoms with E-state index in [0.717, 1.165) is 18.7 Å². The average molecular weight is 183 g/mol. The Labute approximate surface area is 75.9 Å². The molecule has 0 bridgehead atoms. The largest absolute Gasteiger partial charge is 0.383 e. The van der Waals surface area contributed by atoms with Crippen molar-refractivity contribution < 1.29 is 9.63 Å². The van der Waals surface area contributed by atoms with Gasteiger partial charge in [-0.05, 0) is 25.8 Å². The third-order valence-corrected chi connectivity index (χ3v) is 2.13. The van der Waals surface area contributed by atoms with E-state index in [9.17, 15) is 5.11 Å². The van der Waals surface area contributed by atoms with Crippen molar-refractivity contribution in [2.24, 2.45) is 5.73 Å². The number of nitrogens with zero attached hydrogens (tertiary/aromatic N) is 2. The van der Waals surface area contributed by atoms with Gasteiger partial charge in [-0.25, -0.2) is 0 Å². The summed E-state index contributed by atoms with van der Waals surface area (Å²) >= 11 is 0. The molecule has 0 radical (unpaired) electrons. The summed E-state index contributed by atoms with van der Waals surface area (Å²) in [5, 5.41) is 13.3. The lowest BCUT2D eigenvalue weighted by Crippen LogP contribution is -2.06. The van der Waals surface area contributed by atoms with Crippen LogP contribution in [0.15, 0.2) is 4.52 Å². The van der Waals surface area contributed by atoms with Crippen molar-refractivity contribution in [2.75, 3.05) is 6.54 Å². The molecule has 0 unspecified atom stereocenters. The van der Waals surface area contributed by atoms with E-state index in [-0.39, 0.29) is 0 Å². The minimum absolute atomic E-state index is 0.298. The lowest BCUT2D eigenvalue weighted by molar-refractivity contribution is 0.127. The van der Waals surface area contributed by atoms with Crippen LogP contribution in [0.2, 0.25) is 0 Å². The van der Waals surface area contributed by atoms with Gasteiger partial charge in [-0.2, -0.15) is 4.98 Å². The minimum Gasteiger partial charge on any atom is -0.383 e. The summed E-state index contributed by atoms with van der Waals surface area (Å²) in [6, 6.07) is 0. The molecular weight excluding hydrogens is 170 g/mol. The summed E-state index contributed by atoms with van der Waals surface area (Å²) in [6.07, 6.45) is 2.02. The first kappa shape index (κ1) is 8.65. The summed E-state index contributed by atoms with van der Waals surface area (Å²) in [7, 11) is 0. The first-order chi connectivity index (χ1) is 6.31. The molecule has 2 rings (SSSR count). The molecule has 72 valence electrons. The quantitative estimate of drug-likeness (QED) is 0.702. The topological polar surface area (TPSA) is 85.2 Å². The smallest absolute Gasteiger partial charge is 0.255 e. The molecular formula is C8H13N3O2. The van der Waals surface area contributed by atoms with Crippen LogP contribution in [-0.4, -0.2) is 21.8 Å². The Kier molecular flexibility index (Phi) is 2.28. The van der Waals surface area contributed by atoms with Gasteiger partial charge in [0.2, 0.25) is 0 Å². The van der Waals surface area contributed by atoms with E-state index in [1.807, 2.05) is 0 Å². The van der Waals surface area contributed by atoms with Crippen molar-refractivity contribution in [2.45, 2.75) is 31.3 Å². The number of nitrogens with two attached hydrogens (primary N) is 1. The zero-order valence-electron chi connectivity index (χ0n) is 7.31. The van der Waals surface area contributed by atoms with Gasteiger partial charge in [0.25, 0.3) is 5.89 Å². The fourth-order valence-electron chi connectivity index (χ4n) is 1.17. The van der Waals surface area contributed by atoms with E-state index in [0.29, 0.717) is 24.8 Å². The minimum atomic E-state index is -0.704. The average Bonchev–Trinajstić information content (AvgIpc) is 2.84. The molecule has 1 heterocycles. The SMILES string of the molecule is NCC[C@H](O)c1nc(C2CC2)no1. The van der Waals surface area contributed by atoms with E-state index in [1.54, 1.807) is 0 Å². The van der Waals surface area contributed by atoms with Crippen molar-refractivity contribution >= 4 is 0 Å². The molecule has 13 heavy (non-hydrogen) atoms. The normalized spacial score (nSPS) is 18.9. The molecule has 5 heteroatoms.